The molecule has 1 fully saturated rings. The van der Waals surface area contributed by atoms with Gasteiger partial charge in [-0.1, -0.05) is 0 Å². The van der Waals surface area contributed by atoms with E-state index in [2.05, 4.69) is 5.32 Å². The number of hydrogen-bond acceptors (Lipinski definition) is 3. The quantitative estimate of drug-likeness (QED) is 0.613. The molecule has 1 rings (SSSR count). The summed E-state index contributed by atoms with van der Waals surface area (Å²) in [6.45, 7) is 2.17. The Labute approximate surface area is 84.2 Å². The SMILES string of the molecule is N#CCC(=O)NCCCOCC1CC1. The number of rotatable bonds is 7. The van der Waals surface area contributed by atoms with Gasteiger partial charge in [0, 0.05) is 19.8 Å². The molecule has 1 amide bonds. The monoisotopic (exact) mass is 196 g/mol. The largest absolute Gasteiger partial charge is 0.381 e. The lowest BCUT2D eigenvalue weighted by Gasteiger charge is -2.03. The second kappa shape index (κ2) is 6.39. The maximum Gasteiger partial charge on any atom is 0.234 e. The van der Waals surface area contributed by atoms with Crippen molar-refractivity contribution < 1.29 is 9.53 Å². The molecular weight excluding hydrogens is 180 g/mol. The van der Waals surface area contributed by atoms with Gasteiger partial charge in [-0.05, 0) is 25.2 Å². The Bertz CT molecular complexity index is 219. The van der Waals surface area contributed by atoms with E-state index in [1.807, 2.05) is 0 Å². The molecule has 0 spiro atoms. The van der Waals surface area contributed by atoms with E-state index < -0.39 is 0 Å². The summed E-state index contributed by atoms with van der Waals surface area (Å²) in [7, 11) is 0. The first kappa shape index (κ1) is 11.0. The van der Waals surface area contributed by atoms with Crippen molar-refractivity contribution >= 4 is 5.91 Å². The first-order chi connectivity index (χ1) is 6.83. The van der Waals surface area contributed by atoms with E-state index in [1.54, 1.807) is 6.07 Å². The van der Waals surface area contributed by atoms with Crippen LogP contribution in [0.4, 0.5) is 0 Å². The van der Waals surface area contributed by atoms with E-state index >= 15 is 0 Å². The van der Waals surface area contributed by atoms with Gasteiger partial charge in [0.2, 0.25) is 5.91 Å². The number of nitrogens with zero attached hydrogens (tertiary/aromatic N) is 1. The fourth-order valence-electron chi connectivity index (χ4n) is 1.07. The highest BCUT2D eigenvalue weighted by Crippen LogP contribution is 2.28. The zero-order chi connectivity index (χ0) is 10.2. The summed E-state index contributed by atoms with van der Waals surface area (Å²) in [6.07, 6.45) is 3.38. The van der Waals surface area contributed by atoms with E-state index in [1.165, 1.54) is 12.8 Å². The third kappa shape index (κ3) is 5.55. The van der Waals surface area contributed by atoms with Gasteiger partial charge in [0.15, 0.2) is 0 Å². The average molecular weight is 196 g/mol. The average Bonchev–Trinajstić information content (AvgIpc) is 2.95. The van der Waals surface area contributed by atoms with Crippen molar-refractivity contribution in [1.82, 2.24) is 5.32 Å². The Morgan fingerprint density at radius 3 is 3.00 bits per heavy atom. The molecule has 1 aliphatic rings. The van der Waals surface area contributed by atoms with Crippen LogP contribution >= 0.6 is 0 Å². The normalized spacial score (nSPS) is 14.8. The Morgan fingerprint density at radius 1 is 1.57 bits per heavy atom. The first-order valence-electron chi connectivity index (χ1n) is 5.04. The Kier molecular flexibility index (Phi) is 5.02. The summed E-state index contributed by atoms with van der Waals surface area (Å²) in [5.41, 5.74) is 0. The smallest absolute Gasteiger partial charge is 0.234 e. The van der Waals surface area contributed by atoms with Crippen molar-refractivity contribution in [2.45, 2.75) is 25.7 Å². The van der Waals surface area contributed by atoms with Crippen LogP contribution < -0.4 is 5.32 Å². The molecule has 1 N–H and O–H groups in total. The number of nitriles is 1. The molecule has 4 heteroatoms. The van der Waals surface area contributed by atoms with Gasteiger partial charge in [-0.25, -0.2) is 0 Å². The van der Waals surface area contributed by atoms with Gasteiger partial charge in [-0.2, -0.15) is 5.26 Å². The third-order valence-electron chi connectivity index (χ3n) is 2.08. The minimum Gasteiger partial charge on any atom is -0.381 e. The highest BCUT2D eigenvalue weighted by atomic mass is 16.5. The Balaban J connectivity index is 1.79. The molecule has 14 heavy (non-hydrogen) atoms. The minimum atomic E-state index is -0.199. The van der Waals surface area contributed by atoms with Gasteiger partial charge in [0.25, 0.3) is 0 Å². The van der Waals surface area contributed by atoms with Crippen LogP contribution in [0.15, 0.2) is 0 Å². The van der Waals surface area contributed by atoms with Crippen molar-refractivity contribution in [2.75, 3.05) is 19.8 Å². The van der Waals surface area contributed by atoms with Gasteiger partial charge in [0.1, 0.15) is 6.42 Å². The second-order valence-electron chi connectivity index (χ2n) is 3.56. The number of carbonyl (C=O) groups is 1. The lowest BCUT2D eigenvalue weighted by Crippen LogP contribution is -2.24. The number of nitrogens with one attached hydrogen (secondary N) is 1. The number of ether oxygens (including phenoxy) is 1. The predicted octanol–water partition coefficient (Wildman–Crippen LogP) is 0.833. The molecule has 1 aliphatic carbocycles. The standard InChI is InChI=1S/C10H16N2O2/c11-5-4-10(13)12-6-1-7-14-8-9-2-3-9/h9H,1-4,6-8H2,(H,12,13). The number of carbonyl (C=O) groups excluding carboxylic acids is 1. The molecule has 4 nitrogen and oxygen atoms in total. The molecule has 0 heterocycles. The van der Waals surface area contributed by atoms with E-state index in [9.17, 15) is 4.79 Å². The van der Waals surface area contributed by atoms with E-state index in [0.717, 1.165) is 18.9 Å². The molecule has 0 bridgehead atoms. The zero-order valence-corrected chi connectivity index (χ0v) is 8.29. The van der Waals surface area contributed by atoms with E-state index in [4.69, 9.17) is 10.00 Å². The van der Waals surface area contributed by atoms with Gasteiger partial charge in [0.05, 0.1) is 6.07 Å². The summed E-state index contributed by atoms with van der Waals surface area (Å²) in [4.78, 5) is 10.8. The molecule has 0 atom stereocenters. The van der Waals surface area contributed by atoms with Gasteiger partial charge in [-0.15, -0.1) is 0 Å². The maximum absolute atomic E-state index is 10.8. The molecular formula is C10H16N2O2. The van der Waals surface area contributed by atoms with Crippen LogP contribution in [-0.4, -0.2) is 25.7 Å². The summed E-state index contributed by atoms with van der Waals surface area (Å²) in [5, 5.41) is 10.9. The van der Waals surface area contributed by atoms with Crippen molar-refractivity contribution in [1.29, 1.82) is 5.26 Å². The van der Waals surface area contributed by atoms with Crippen LogP contribution in [-0.2, 0) is 9.53 Å². The Hall–Kier alpha value is -1.08. The fourth-order valence-corrected chi connectivity index (χ4v) is 1.07. The second-order valence-corrected chi connectivity index (χ2v) is 3.56. The molecule has 0 aliphatic heterocycles. The van der Waals surface area contributed by atoms with Crippen LogP contribution in [0, 0.1) is 17.2 Å². The van der Waals surface area contributed by atoms with Gasteiger partial charge < -0.3 is 10.1 Å². The lowest BCUT2D eigenvalue weighted by atomic mass is 10.4. The van der Waals surface area contributed by atoms with Crippen LogP contribution in [0.1, 0.15) is 25.7 Å². The van der Waals surface area contributed by atoms with Gasteiger partial charge in [-0.3, -0.25) is 4.79 Å². The number of hydrogen-bond donors (Lipinski definition) is 1. The number of amides is 1. The van der Waals surface area contributed by atoms with Crippen LogP contribution in [0.5, 0.6) is 0 Å². The molecule has 0 radical (unpaired) electrons. The van der Waals surface area contributed by atoms with Crippen LogP contribution in [0.25, 0.3) is 0 Å². The Morgan fingerprint density at radius 2 is 2.36 bits per heavy atom. The van der Waals surface area contributed by atoms with Crippen molar-refractivity contribution in [3.63, 3.8) is 0 Å². The molecule has 0 unspecified atom stereocenters. The molecule has 0 aromatic rings. The molecule has 0 saturated heterocycles. The summed E-state index contributed by atoms with van der Waals surface area (Å²) < 4.78 is 5.38. The van der Waals surface area contributed by atoms with Crippen LogP contribution in [0.2, 0.25) is 0 Å². The molecule has 1 saturated carbocycles. The van der Waals surface area contributed by atoms with Crippen molar-refractivity contribution in [3.05, 3.63) is 0 Å². The fraction of sp³-hybridized carbons (Fsp3) is 0.800. The van der Waals surface area contributed by atoms with Crippen LogP contribution in [0.3, 0.4) is 0 Å². The highest BCUT2D eigenvalue weighted by molar-refractivity contribution is 5.77. The summed E-state index contributed by atoms with van der Waals surface area (Å²) in [6, 6.07) is 1.80. The van der Waals surface area contributed by atoms with Crippen molar-refractivity contribution in [2.24, 2.45) is 5.92 Å². The van der Waals surface area contributed by atoms with Crippen molar-refractivity contribution in [3.8, 4) is 6.07 Å². The van der Waals surface area contributed by atoms with Gasteiger partial charge >= 0.3 is 0 Å². The molecule has 0 aromatic heterocycles. The maximum atomic E-state index is 10.8. The summed E-state index contributed by atoms with van der Waals surface area (Å²) in [5.74, 6) is 0.595. The summed E-state index contributed by atoms with van der Waals surface area (Å²) >= 11 is 0. The predicted molar refractivity (Wildman–Crippen MR) is 51.4 cm³/mol. The lowest BCUT2D eigenvalue weighted by molar-refractivity contribution is -0.120. The third-order valence-corrected chi connectivity index (χ3v) is 2.08. The topological polar surface area (TPSA) is 62.1 Å². The highest BCUT2D eigenvalue weighted by Gasteiger charge is 2.20. The zero-order valence-electron chi connectivity index (χ0n) is 8.29. The minimum absolute atomic E-state index is 0.0526. The first-order valence-corrected chi connectivity index (χ1v) is 5.04. The van der Waals surface area contributed by atoms with E-state index in [-0.39, 0.29) is 12.3 Å². The molecule has 0 aromatic carbocycles. The van der Waals surface area contributed by atoms with E-state index in [0.29, 0.717) is 13.2 Å². The molecule has 78 valence electrons.